The highest BCUT2D eigenvalue weighted by Gasteiger charge is 2.20. The SMILES string of the molecule is CC(C)c1ccc(N)c(C=NC2CC2)c1.CC(C)c1ccc(N)c(C=NCC2CC2)c1. The second-order valence-electron chi connectivity index (χ2n) is 9.53. The summed E-state index contributed by atoms with van der Waals surface area (Å²) < 4.78 is 0. The number of nitrogens with zero attached hydrogens (tertiary/aromatic N) is 2. The van der Waals surface area contributed by atoms with Gasteiger partial charge in [-0.25, -0.2) is 0 Å². The van der Waals surface area contributed by atoms with Crippen LogP contribution in [-0.4, -0.2) is 25.0 Å². The predicted octanol–water partition coefficient (Wildman–Crippen LogP) is 6.19. The Labute approximate surface area is 187 Å². The average molecular weight is 419 g/mol. The molecule has 0 amide bonds. The van der Waals surface area contributed by atoms with Crippen LogP contribution in [0.5, 0.6) is 0 Å². The summed E-state index contributed by atoms with van der Waals surface area (Å²) in [5.41, 5.74) is 18.2. The van der Waals surface area contributed by atoms with Gasteiger partial charge in [-0.2, -0.15) is 0 Å². The number of nitrogen functional groups attached to an aromatic ring is 2. The fourth-order valence-corrected chi connectivity index (χ4v) is 3.14. The van der Waals surface area contributed by atoms with E-state index in [-0.39, 0.29) is 0 Å². The fraction of sp³-hybridized carbons (Fsp3) is 0.481. The van der Waals surface area contributed by atoms with Crippen LogP contribution >= 0.6 is 0 Å². The third-order valence-corrected chi connectivity index (χ3v) is 5.82. The zero-order valence-electron chi connectivity index (χ0n) is 19.5. The summed E-state index contributed by atoms with van der Waals surface area (Å²) in [6.07, 6.45) is 9.02. The molecule has 4 nitrogen and oxygen atoms in total. The molecule has 0 aromatic heterocycles. The highest BCUT2D eigenvalue weighted by atomic mass is 14.8. The van der Waals surface area contributed by atoms with E-state index >= 15 is 0 Å². The van der Waals surface area contributed by atoms with E-state index in [0.717, 1.165) is 35.0 Å². The first-order valence-corrected chi connectivity index (χ1v) is 11.6. The molecule has 2 aliphatic carbocycles. The first-order chi connectivity index (χ1) is 14.8. The van der Waals surface area contributed by atoms with Gasteiger partial charge in [-0.1, -0.05) is 39.8 Å². The van der Waals surface area contributed by atoms with E-state index in [0.29, 0.717) is 17.9 Å². The molecule has 2 aromatic carbocycles. The first kappa shape index (κ1) is 23.1. The van der Waals surface area contributed by atoms with Crippen molar-refractivity contribution in [1.29, 1.82) is 0 Å². The van der Waals surface area contributed by atoms with E-state index < -0.39 is 0 Å². The molecule has 2 saturated carbocycles. The molecule has 4 heteroatoms. The van der Waals surface area contributed by atoms with Gasteiger partial charge in [-0.05, 0) is 78.8 Å². The number of hydrogen-bond acceptors (Lipinski definition) is 4. The third-order valence-electron chi connectivity index (χ3n) is 5.82. The molecule has 2 fully saturated rings. The number of rotatable bonds is 7. The van der Waals surface area contributed by atoms with Gasteiger partial charge in [0, 0.05) is 41.5 Å². The largest absolute Gasteiger partial charge is 0.398 e. The maximum atomic E-state index is 5.93. The Morgan fingerprint density at radius 1 is 0.806 bits per heavy atom. The van der Waals surface area contributed by atoms with Gasteiger partial charge in [0.15, 0.2) is 0 Å². The fourth-order valence-electron chi connectivity index (χ4n) is 3.14. The second kappa shape index (κ2) is 10.6. The Balaban J connectivity index is 0.000000176. The first-order valence-electron chi connectivity index (χ1n) is 11.6. The summed E-state index contributed by atoms with van der Waals surface area (Å²) in [7, 11) is 0. The minimum Gasteiger partial charge on any atom is -0.398 e. The number of hydrogen-bond donors (Lipinski definition) is 2. The Kier molecular flexibility index (Phi) is 7.89. The second-order valence-corrected chi connectivity index (χ2v) is 9.53. The Bertz CT molecular complexity index is 919. The molecule has 0 unspecified atom stereocenters. The van der Waals surface area contributed by atoms with Crippen LogP contribution in [0.1, 0.15) is 87.5 Å². The molecule has 0 saturated heterocycles. The smallest absolute Gasteiger partial charge is 0.0501 e. The lowest BCUT2D eigenvalue weighted by molar-refractivity contribution is 0.851. The molecule has 0 spiro atoms. The molecule has 166 valence electrons. The van der Waals surface area contributed by atoms with Crippen molar-refractivity contribution >= 4 is 23.8 Å². The summed E-state index contributed by atoms with van der Waals surface area (Å²) in [6, 6.07) is 13.0. The van der Waals surface area contributed by atoms with Crippen LogP contribution in [0.3, 0.4) is 0 Å². The minimum atomic E-state index is 0.538. The Morgan fingerprint density at radius 3 is 1.77 bits per heavy atom. The molecule has 31 heavy (non-hydrogen) atoms. The zero-order valence-corrected chi connectivity index (χ0v) is 19.5. The predicted molar refractivity (Wildman–Crippen MR) is 136 cm³/mol. The van der Waals surface area contributed by atoms with Gasteiger partial charge in [0.2, 0.25) is 0 Å². The van der Waals surface area contributed by atoms with Crippen molar-refractivity contribution < 1.29 is 0 Å². The molecule has 0 atom stereocenters. The molecule has 0 aliphatic heterocycles. The molecular formula is C27H38N4. The van der Waals surface area contributed by atoms with Crippen LogP contribution in [0.25, 0.3) is 0 Å². The average Bonchev–Trinajstić information content (AvgIpc) is 3.64. The molecular weight excluding hydrogens is 380 g/mol. The van der Waals surface area contributed by atoms with Crippen molar-refractivity contribution in [1.82, 2.24) is 0 Å². The van der Waals surface area contributed by atoms with E-state index in [1.807, 2.05) is 24.6 Å². The number of anilines is 2. The monoisotopic (exact) mass is 418 g/mol. The van der Waals surface area contributed by atoms with Crippen molar-refractivity contribution in [3.63, 3.8) is 0 Å². The normalized spacial score (nSPS) is 16.3. The Hall–Kier alpha value is -2.62. The molecule has 4 rings (SSSR count). The zero-order chi connectivity index (χ0) is 22.4. The number of benzene rings is 2. The quantitative estimate of drug-likeness (QED) is 0.415. The van der Waals surface area contributed by atoms with Crippen molar-refractivity contribution in [2.24, 2.45) is 15.9 Å². The summed E-state index contributed by atoms with van der Waals surface area (Å²) in [6.45, 7) is 9.72. The number of nitrogens with two attached hydrogens (primary N) is 2. The highest BCUT2D eigenvalue weighted by molar-refractivity contribution is 5.88. The molecule has 2 aromatic rings. The summed E-state index contributed by atoms with van der Waals surface area (Å²) in [4.78, 5) is 8.92. The summed E-state index contributed by atoms with van der Waals surface area (Å²) in [5.74, 6) is 1.92. The van der Waals surface area contributed by atoms with Crippen molar-refractivity contribution in [3.05, 3.63) is 58.7 Å². The van der Waals surface area contributed by atoms with Gasteiger partial charge in [0.05, 0.1) is 6.04 Å². The Morgan fingerprint density at radius 2 is 1.32 bits per heavy atom. The maximum Gasteiger partial charge on any atom is 0.0501 e. The van der Waals surface area contributed by atoms with Gasteiger partial charge >= 0.3 is 0 Å². The lowest BCUT2D eigenvalue weighted by Crippen LogP contribution is -1.97. The van der Waals surface area contributed by atoms with Gasteiger partial charge in [0.25, 0.3) is 0 Å². The van der Waals surface area contributed by atoms with Gasteiger partial charge in [0.1, 0.15) is 0 Å². The van der Waals surface area contributed by atoms with Gasteiger partial charge in [-0.15, -0.1) is 0 Å². The highest BCUT2D eigenvalue weighted by Crippen LogP contribution is 2.29. The molecule has 0 bridgehead atoms. The number of aliphatic imine (C=N–C) groups is 2. The molecule has 2 aliphatic rings. The van der Waals surface area contributed by atoms with Crippen molar-refractivity contribution in [2.75, 3.05) is 18.0 Å². The topological polar surface area (TPSA) is 76.8 Å². The van der Waals surface area contributed by atoms with Gasteiger partial charge in [-0.3, -0.25) is 9.98 Å². The van der Waals surface area contributed by atoms with E-state index in [1.54, 1.807) is 0 Å². The summed E-state index contributed by atoms with van der Waals surface area (Å²) >= 11 is 0. The third kappa shape index (κ3) is 7.54. The van der Waals surface area contributed by atoms with E-state index in [4.69, 9.17) is 11.5 Å². The van der Waals surface area contributed by atoms with Crippen molar-refractivity contribution in [3.8, 4) is 0 Å². The van der Waals surface area contributed by atoms with Crippen LogP contribution in [0.4, 0.5) is 11.4 Å². The van der Waals surface area contributed by atoms with E-state index in [1.165, 1.54) is 36.8 Å². The van der Waals surface area contributed by atoms with Crippen molar-refractivity contribution in [2.45, 2.75) is 71.3 Å². The van der Waals surface area contributed by atoms with Crippen LogP contribution < -0.4 is 11.5 Å². The van der Waals surface area contributed by atoms with Gasteiger partial charge < -0.3 is 11.5 Å². The molecule has 4 N–H and O–H groups in total. The van der Waals surface area contributed by atoms with Crippen LogP contribution in [0.2, 0.25) is 0 Å². The minimum absolute atomic E-state index is 0.538. The standard InChI is InChI=1S/C14H20N2.C13H18N2/c1-10(2)12-5-6-14(15)13(7-12)9-16-8-11-3-4-11;1-9(2)10-3-6-13(14)11(7-10)8-15-12-4-5-12/h5-7,9-11H,3-4,8,15H2,1-2H3;3,6-9,12H,4-5,14H2,1-2H3. The van der Waals surface area contributed by atoms with E-state index in [9.17, 15) is 0 Å². The van der Waals surface area contributed by atoms with Crippen LogP contribution in [0, 0.1) is 5.92 Å². The lowest BCUT2D eigenvalue weighted by Gasteiger charge is -2.08. The maximum absolute atomic E-state index is 5.93. The summed E-state index contributed by atoms with van der Waals surface area (Å²) in [5, 5.41) is 0. The van der Waals surface area contributed by atoms with Crippen LogP contribution in [0.15, 0.2) is 46.4 Å². The molecule has 0 heterocycles. The van der Waals surface area contributed by atoms with E-state index in [2.05, 4.69) is 61.9 Å². The lowest BCUT2D eigenvalue weighted by atomic mass is 10.0. The van der Waals surface area contributed by atoms with Crippen LogP contribution in [-0.2, 0) is 0 Å². The molecule has 0 radical (unpaired) electrons.